The van der Waals surface area contributed by atoms with Crippen LogP contribution in [0.25, 0.3) is 0 Å². The van der Waals surface area contributed by atoms with E-state index in [0.29, 0.717) is 11.6 Å². The number of hydrogen-bond donors (Lipinski definition) is 1. The number of benzene rings is 1. The van der Waals surface area contributed by atoms with Crippen LogP contribution in [-0.2, 0) is 6.54 Å². The predicted octanol–water partition coefficient (Wildman–Crippen LogP) is 3.30. The van der Waals surface area contributed by atoms with E-state index in [1.54, 1.807) is 6.07 Å². The molecule has 0 aliphatic carbocycles. The topological polar surface area (TPSA) is 15.3 Å². The molecule has 0 saturated carbocycles. The lowest BCUT2D eigenvalue weighted by Gasteiger charge is -2.28. The first-order chi connectivity index (χ1) is 9.15. The van der Waals surface area contributed by atoms with Crippen molar-refractivity contribution in [1.82, 2.24) is 10.2 Å². The minimum atomic E-state index is -0.225. The smallest absolute Gasteiger partial charge is 0.123 e. The van der Waals surface area contributed by atoms with E-state index < -0.39 is 0 Å². The second kappa shape index (κ2) is 7.22. The van der Waals surface area contributed by atoms with Gasteiger partial charge in [0.1, 0.15) is 5.82 Å². The largest absolute Gasteiger partial charge is 0.313 e. The monoisotopic (exact) mass is 284 g/mol. The van der Waals surface area contributed by atoms with Crippen LogP contribution in [0.4, 0.5) is 4.39 Å². The Labute approximate surface area is 119 Å². The maximum atomic E-state index is 13.1. The molecule has 0 radical (unpaired) electrons. The molecule has 0 atom stereocenters. The van der Waals surface area contributed by atoms with Gasteiger partial charge in [-0.15, -0.1) is 0 Å². The van der Waals surface area contributed by atoms with Crippen molar-refractivity contribution >= 4 is 11.6 Å². The fraction of sp³-hybridized carbons (Fsp3) is 0.600. The fourth-order valence-electron chi connectivity index (χ4n) is 2.56. The molecule has 1 fully saturated rings. The van der Waals surface area contributed by atoms with Gasteiger partial charge in [-0.25, -0.2) is 4.39 Å². The molecule has 2 rings (SSSR count). The van der Waals surface area contributed by atoms with Gasteiger partial charge in [0, 0.05) is 11.6 Å². The fourth-order valence-corrected chi connectivity index (χ4v) is 2.74. The highest BCUT2D eigenvalue weighted by Gasteiger charge is 2.15. The molecule has 1 aromatic carbocycles. The highest BCUT2D eigenvalue weighted by molar-refractivity contribution is 6.31. The van der Waals surface area contributed by atoms with E-state index in [2.05, 4.69) is 17.3 Å². The van der Waals surface area contributed by atoms with Crippen LogP contribution in [0.1, 0.15) is 24.8 Å². The average molecular weight is 285 g/mol. The molecule has 0 unspecified atom stereocenters. The molecule has 106 valence electrons. The second-order valence-corrected chi connectivity index (χ2v) is 5.86. The average Bonchev–Trinajstić information content (AvgIpc) is 2.40. The number of hydrogen-bond acceptors (Lipinski definition) is 2. The summed E-state index contributed by atoms with van der Waals surface area (Å²) in [5.41, 5.74) is 0.838. The molecule has 2 nitrogen and oxygen atoms in total. The summed E-state index contributed by atoms with van der Waals surface area (Å²) in [6.07, 6.45) is 3.78. The highest BCUT2D eigenvalue weighted by atomic mass is 35.5. The van der Waals surface area contributed by atoms with E-state index >= 15 is 0 Å². The van der Waals surface area contributed by atoms with Gasteiger partial charge in [0.25, 0.3) is 0 Å². The third-order valence-corrected chi connectivity index (χ3v) is 4.26. The maximum Gasteiger partial charge on any atom is 0.123 e. The van der Waals surface area contributed by atoms with E-state index in [-0.39, 0.29) is 5.82 Å². The molecule has 1 saturated heterocycles. The van der Waals surface area contributed by atoms with Crippen molar-refractivity contribution in [3.63, 3.8) is 0 Å². The molecule has 1 N–H and O–H groups in total. The Morgan fingerprint density at radius 3 is 2.84 bits per heavy atom. The number of nitrogens with zero attached hydrogens (tertiary/aromatic N) is 1. The van der Waals surface area contributed by atoms with Gasteiger partial charge in [0.05, 0.1) is 0 Å². The lowest BCUT2D eigenvalue weighted by molar-refractivity contribution is 0.211. The number of piperidine rings is 1. The third-order valence-electron chi connectivity index (χ3n) is 3.89. The lowest BCUT2D eigenvalue weighted by Crippen LogP contribution is -2.31. The Bertz CT molecular complexity index is 403. The van der Waals surface area contributed by atoms with Gasteiger partial charge >= 0.3 is 0 Å². The third kappa shape index (κ3) is 4.75. The molecule has 1 aromatic rings. The second-order valence-electron chi connectivity index (χ2n) is 5.45. The first-order valence-electron chi connectivity index (χ1n) is 6.98. The zero-order chi connectivity index (χ0) is 13.7. The van der Waals surface area contributed by atoms with Crippen molar-refractivity contribution in [3.05, 3.63) is 34.6 Å². The number of nitrogens with one attached hydrogen (secondary N) is 1. The van der Waals surface area contributed by atoms with Crippen LogP contribution in [0.3, 0.4) is 0 Å². The minimum absolute atomic E-state index is 0.225. The molecule has 1 aliphatic rings. The van der Waals surface area contributed by atoms with E-state index in [0.717, 1.165) is 18.0 Å². The summed E-state index contributed by atoms with van der Waals surface area (Å²) in [6, 6.07) is 4.51. The minimum Gasteiger partial charge on any atom is -0.313 e. The van der Waals surface area contributed by atoms with E-state index in [1.165, 1.54) is 44.5 Å². The van der Waals surface area contributed by atoms with Crippen LogP contribution in [-0.4, -0.2) is 31.6 Å². The zero-order valence-electron chi connectivity index (χ0n) is 11.5. The van der Waals surface area contributed by atoms with Gasteiger partial charge in [0.15, 0.2) is 0 Å². The first kappa shape index (κ1) is 14.8. The maximum absolute atomic E-state index is 13.1. The summed E-state index contributed by atoms with van der Waals surface area (Å²) in [6.45, 7) is 4.03. The van der Waals surface area contributed by atoms with Gasteiger partial charge < -0.3 is 10.2 Å². The van der Waals surface area contributed by atoms with Crippen molar-refractivity contribution in [2.24, 2.45) is 5.92 Å². The Hall–Kier alpha value is -0.640. The van der Waals surface area contributed by atoms with Crippen LogP contribution < -0.4 is 5.32 Å². The van der Waals surface area contributed by atoms with Crippen molar-refractivity contribution in [2.75, 3.05) is 26.7 Å². The summed E-state index contributed by atoms with van der Waals surface area (Å²) in [7, 11) is 2.18. The molecule has 0 bridgehead atoms. The van der Waals surface area contributed by atoms with Crippen molar-refractivity contribution in [1.29, 1.82) is 0 Å². The van der Waals surface area contributed by atoms with Gasteiger partial charge in [-0.05, 0) is 75.6 Å². The number of halogens is 2. The van der Waals surface area contributed by atoms with Crippen LogP contribution in [0.5, 0.6) is 0 Å². The zero-order valence-corrected chi connectivity index (χ0v) is 12.2. The number of likely N-dealkylation sites (tertiary alicyclic amines) is 1. The molecule has 1 aliphatic heterocycles. The predicted molar refractivity (Wildman–Crippen MR) is 78.0 cm³/mol. The molecule has 1 heterocycles. The Balaban J connectivity index is 1.68. The lowest BCUT2D eigenvalue weighted by atomic mass is 9.94. The summed E-state index contributed by atoms with van der Waals surface area (Å²) in [5.74, 6) is 0.600. The van der Waals surface area contributed by atoms with Crippen LogP contribution >= 0.6 is 11.6 Å². The molecule has 19 heavy (non-hydrogen) atoms. The van der Waals surface area contributed by atoms with E-state index in [9.17, 15) is 4.39 Å². The molecule has 0 aromatic heterocycles. The summed E-state index contributed by atoms with van der Waals surface area (Å²) >= 11 is 6.03. The summed E-state index contributed by atoms with van der Waals surface area (Å²) in [5, 5.41) is 4.00. The normalized spacial score (nSPS) is 17.8. The van der Waals surface area contributed by atoms with Gasteiger partial charge in [-0.3, -0.25) is 0 Å². The summed E-state index contributed by atoms with van der Waals surface area (Å²) < 4.78 is 13.1. The van der Waals surface area contributed by atoms with Gasteiger partial charge in [-0.2, -0.15) is 0 Å². The van der Waals surface area contributed by atoms with Crippen LogP contribution in [0.2, 0.25) is 5.02 Å². The van der Waals surface area contributed by atoms with Crippen molar-refractivity contribution < 1.29 is 4.39 Å². The molecule has 4 heteroatoms. The van der Waals surface area contributed by atoms with Crippen LogP contribution in [0.15, 0.2) is 18.2 Å². The van der Waals surface area contributed by atoms with Crippen LogP contribution in [0, 0.1) is 11.7 Å². The van der Waals surface area contributed by atoms with E-state index in [1.807, 2.05) is 0 Å². The quantitative estimate of drug-likeness (QED) is 0.835. The van der Waals surface area contributed by atoms with Gasteiger partial charge in [0.2, 0.25) is 0 Å². The molecular weight excluding hydrogens is 263 g/mol. The van der Waals surface area contributed by atoms with Crippen molar-refractivity contribution in [3.8, 4) is 0 Å². The molecular formula is C15H22ClFN2. The molecule has 0 spiro atoms. The standard InChI is InChI=1S/C15H22ClFN2/c1-19-8-5-12(6-9-19)4-7-18-11-13-10-14(17)2-3-15(13)16/h2-3,10,12,18H,4-9,11H2,1H3. The number of rotatable bonds is 5. The van der Waals surface area contributed by atoms with Gasteiger partial charge in [-0.1, -0.05) is 11.6 Å². The molecule has 0 amide bonds. The Kier molecular flexibility index (Phi) is 5.61. The Morgan fingerprint density at radius 2 is 2.11 bits per heavy atom. The van der Waals surface area contributed by atoms with E-state index in [4.69, 9.17) is 11.6 Å². The highest BCUT2D eigenvalue weighted by Crippen LogP contribution is 2.19. The summed E-state index contributed by atoms with van der Waals surface area (Å²) in [4.78, 5) is 2.39. The SMILES string of the molecule is CN1CCC(CCNCc2cc(F)ccc2Cl)CC1. The Morgan fingerprint density at radius 1 is 1.37 bits per heavy atom. The van der Waals surface area contributed by atoms with Crippen molar-refractivity contribution in [2.45, 2.75) is 25.8 Å². The first-order valence-corrected chi connectivity index (χ1v) is 7.36.